The Morgan fingerprint density at radius 1 is 1.25 bits per heavy atom. The summed E-state index contributed by atoms with van der Waals surface area (Å²) in [5, 5.41) is 0. The SMILES string of the molecule is CC(CCl)CN1CCCCC1.Cl. The van der Waals surface area contributed by atoms with Gasteiger partial charge in [-0.2, -0.15) is 0 Å². The van der Waals surface area contributed by atoms with Gasteiger partial charge >= 0.3 is 0 Å². The van der Waals surface area contributed by atoms with Gasteiger partial charge in [0.15, 0.2) is 0 Å². The van der Waals surface area contributed by atoms with Gasteiger partial charge in [-0.25, -0.2) is 0 Å². The lowest BCUT2D eigenvalue weighted by Gasteiger charge is -2.28. The average molecular weight is 212 g/mol. The van der Waals surface area contributed by atoms with E-state index in [2.05, 4.69) is 11.8 Å². The van der Waals surface area contributed by atoms with Gasteiger partial charge in [0.1, 0.15) is 0 Å². The summed E-state index contributed by atoms with van der Waals surface area (Å²) in [4.78, 5) is 2.54. The first-order chi connectivity index (χ1) is 5.33. The van der Waals surface area contributed by atoms with Crippen LogP contribution in [0.1, 0.15) is 26.2 Å². The predicted octanol–water partition coefficient (Wildman–Crippen LogP) is 2.77. The number of halogens is 2. The molecule has 1 nitrogen and oxygen atoms in total. The molecule has 3 heteroatoms. The second-order valence-corrected chi connectivity index (χ2v) is 3.93. The Morgan fingerprint density at radius 2 is 1.83 bits per heavy atom. The maximum atomic E-state index is 5.74. The van der Waals surface area contributed by atoms with E-state index in [1.165, 1.54) is 38.9 Å². The third-order valence-electron chi connectivity index (χ3n) is 2.28. The predicted molar refractivity (Wildman–Crippen MR) is 57.4 cm³/mol. The summed E-state index contributed by atoms with van der Waals surface area (Å²) in [6.07, 6.45) is 4.19. The van der Waals surface area contributed by atoms with Crippen LogP contribution in [0.25, 0.3) is 0 Å². The molecule has 1 aliphatic heterocycles. The van der Waals surface area contributed by atoms with Gasteiger partial charge < -0.3 is 4.90 Å². The molecule has 1 fully saturated rings. The monoisotopic (exact) mass is 211 g/mol. The van der Waals surface area contributed by atoms with Crippen LogP contribution in [-0.4, -0.2) is 30.4 Å². The molecule has 1 heterocycles. The van der Waals surface area contributed by atoms with Crippen molar-refractivity contribution in [2.45, 2.75) is 26.2 Å². The topological polar surface area (TPSA) is 3.24 Å². The fourth-order valence-corrected chi connectivity index (χ4v) is 1.73. The summed E-state index contributed by atoms with van der Waals surface area (Å²) in [5.41, 5.74) is 0. The number of likely N-dealkylation sites (tertiary alicyclic amines) is 1. The fourth-order valence-electron chi connectivity index (χ4n) is 1.63. The van der Waals surface area contributed by atoms with Crippen LogP contribution in [0, 0.1) is 5.92 Å². The quantitative estimate of drug-likeness (QED) is 0.650. The summed E-state index contributed by atoms with van der Waals surface area (Å²) in [6.45, 7) is 6.01. The molecule has 0 aromatic carbocycles. The highest BCUT2D eigenvalue weighted by atomic mass is 35.5. The van der Waals surface area contributed by atoms with Crippen LogP contribution in [-0.2, 0) is 0 Å². The van der Waals surface area contributed by atoms with Crippen LogP contribution in [0.3, 0.4) is 0 Å². The Labute approximate surface area is 86.9 Å². The van der Waals surface area contributed by atoms with Gasteiger partial charge in [0.05, 0.1) is 0 Å². The van der Waals surface area contributed by atoms with E-state index in [9.17, 15) is 0 Å². The van der Waals surface area contributed by atoms with E-state index >= 15 is 0 Å². The van der Waals surface area contributed by atoms with Crippen LogP contribution < -0.4 is 0 Å². The van der Waals surface area contributed by atoms with E-state index in [1.54, 1.807) is 0 Å². The van der Waals surface area contributed by atoms with Crippen LogP contribution >= 0.6 is 24.0 Å². The zero-order valence-corrected chi connectivity index (χ0v) is 9.33. The highest BCUT2D eigenvalue weighted by Gasteiger charge is 2.12. The highest BCUT2D eigenvalue weighted by Crippen LogP contribution is 2.11. The molecule has 1 aliphatic rings. The average Bonchev–Trinajstić information content (AvgIpc) is 2.06. The van der Waals surface area contributed by atoms with E-state index in [0.29, 0.717) is 5.92 Å². The molecular formula is C9H19Cl2N. The van der Waals surface area contributed by atoms with Crippen molar-refractivity contribution < 1.29 is 0 Å². The minimum atomic E-state index is 0. The number of nitrogens with zero attached hydrogens (tertiary/aromatic N) is 1. The number of rotatable bonds is 3. The van der Waals surface area contributed by atoms with Crippen molar-refractivity contribution in [3.63, 3.8) is 0 Å². The lowest BCUT2D eigenvalue weighted by atomic mass is 10.1. The molecule has 1 unspecified atom stereocenters. The summed E-state index contributed by atoms with van der Waals surface area (Å²) >= 11 is 5.74. The summed E-state index contributed by atoms with van der Waals surface area (Å²) in [6, 6.07) is 0. The first-order valence-corrected chi connectivity index (χ1v) is 5.14. The maximum absolute atomic E-state index is 5.74. The van der Waals surface area contributed by atoms with Crippen molar-refractivity contribution in [1.82, 2.24) is 4.90 Å². The second-order valence-electron chi connectivity index (χ2n) is 3.62. The molecule has 0 aliphatic carbocycles. The van der Waals surface area contributed by atoms with Gasteiger partial charge in [0.2, 0.25) is 0 Å². The summed E-state index contributed by atoms with van der Waals surface area (Å²) in [7, 11) is 0. The van der Waals surface area contributed by atoms with Crippen molar-refractivity contribution in [3.05, 3.63) is 0 Å². The Bertz CT molecular complexity index is 103. The number of hydrogen-bond donors (Lipinski definition) is 0. The van der Waals surface area contributed by atoms with Crippen molar-refractivity contribution >= 4 is 24.0 Å². The molecule has 0 bridgehead atoms. The van der Waals surface area contributed by atoms with Crippen molar-refractivity contribution in [2.75, 3.05) is 25.5 Å². The van der Waals surface area contributed by atoms with E-state index < -0.39 is 0 Å². The first-order valence-electron chi connectivity index (χ1n) is 4.61. The van der Waals surface area contributed by atoms with Gasteiger partial charge in [-0.3, -0.25) is 0 Å². The zero-order valence-electron chi connectivity index (χ0n) is 7.76. The number of alkyl halides is 1. The zero-order chi connectivity index (χ0) is 8.10. The summed E-state index contributed by atoms with van der Waals surface area (Å²) in [5.74, 6) is 1.46. The van der Waals surface area contributed by atoms with E-state index in [0.717, 1.165) is 5.88 Å². The molecule has 74 valence electrons. The highest BCUT2D eigenvalue weighted by molar-refractivity contribution is 6.18. The molecule has 0 radical (unpaired) electrons. The van der Waals surface area contributed by atoms with Crippen LogP contribution in [0.5, 0.6) is 0 Å². The van der Waals surface area contributed by atoms with Gasteiger partial charge in [-0.15, -0.1) is 24.0 Å². The molecule has 0 spiro atoms. The van der Waals surface area contributed by atoms with Crippen molar-refractivity contribution in [2.24, 2.45) is 5.92 Å². The number of piperidine rings is 1. The van der Waals surface area contributed by atoms with E-state index in [-0.39, 0.29) is 12.4 Å². The molecule has 0 aromatic rings. The summed E-state index contributed by atoms with van der Waals surface area (Å²) < 4.78 is 0. The molecule has 1 rings (SSSR count). The van der Waals surface area contributed by atoms with E-state index in [4.69, 9.17) is 11.6 Å². The molecule has 1 atom stereocenters. The third kappa shape index (κ3) is 4.54. The van der Waals surface area contributed by atoms with Gasteiger partial charge in [0, 0.05) is 12.4 Å². The normalized spacial score (nSPS) is 21.5. The van der Waals surface area contributed by atoms with Crippen LogP contribution in [0.15, 0.2) is 0 Å². The largest absolute Gasteiger partial charge is 0.303 e. The standard InChI is InChI=1S/C9H18ClN.ClH/c1-9(7-10)8-11-5-3-2-4-6-11;/h9H,2-8H2,1H3;1H. The molecule has 0 N–H and O–H groups in total. The number of hydrogen-bond acceptors (Lipinski definition) is 1. The van der Waals surface area contributed by atoms with Crippen molar-refractivity contribution in [1.29, 1.82) is 0 Å². The molecule has 0 amide bonds. The Kier molecular flexibility index (Phi) is 7.31. The van der Waals surface area contributed by atoms with Gasteiger partial charge in [0.25, 0.3) is 0 Å². The first kappa shape index (κ1) is 12.5. The second kappa shape index (κ2) is 6.99. The molecule has 12 heavy (non-hydrogen) atoms. The Morgan fingerprint density at radius 3 is 2.33 bits per heavy atom. The third-order valence-corrected chi connectivity index (χ3v) is 2.81. The molecular weight excluding hydrogens is 193 g/mol. The maximum Gasteiger partial charge on any atom is 0.0261 e. The van der Waals surface area contributed by atoms with Crippen LogP contribution in [0.4, 0.5) is 0 Å². The molecule has 1 saturated heterocycles. The van der Waals surface area contributed by atoms with Gasteiger partial charge in [-0.1, -0.05) is 13.3 Å². The Hall–Kier alpha value is 0.540. The van der Waals surface area contributed by atoms with Gasteiger partial charge in [-0.05, 0) is 31.8 Å². The van der Waals surface area contributed by atoms with Crippen LogP contribution in [0.2, 0.25) is 0 Å². The smallest absolute Gasteiger partial charge is 0.0261 e. The lowest BCUT2D eigenvalue weighted by Crippen LogP contribution is -2.33. The molecule has 0 saturated carbocycles. The minimum absolute atomic E-state index is 0. The van der Waals surface area contributed by atoms with E-state index in [1.807, 2.05) is 0 Å². The molecule has 0 aromatic heterocycles. The fraction of sp³-hybridized carbons (Fsp3) is 1.00. The Balaban J connectivity index is 0.00000121. The lowest BCUT2D eigenvalue weighted by molar-refractivity contribution is 0.207. The van der Waals surface area contributed by atoms with Crippen molar-refractivity contribution in [3.8, 4) is 0 Å². The minimum Gasteiger partial charge on any atom is -0.303 e.